The van der Waals surface area contributed by atoms with Crippen LogP contribution in [0, 0.1) is 6.92 Å². The quantitative estimate of drug-likeness (QED) is 0.862. The number of halogens is 1. The van der Waals surface area contributed by atoms with E-state index in [-0.39, 0.29) is 12.5 Å². The molecule has 100 valence electrons. The monoisotopic (exact) mass is 296 g/mol. The van der Waals surface area contributed by atoms with Crippen LogP contribution in [0.15, 0.2) is 29.6 Å². The van der Waals surface area contributed by atoms with Crippen LogP contribution in [0.25, 0.3) is 0 Å². The van der Waals surface area contributed by atoms with E-state index >= 15 is 0 Å². The van der Waals surface area contributed by atoms with Gasteiger partial charge in [0.15, 0.2) is 11.7 Å². The van der Waals surface area contributed by atoms with Crippen molar-refractivity contribution in [1.82, 2.24) is 4.98 Å². The van der Waals surface area contributed by atoms with Gasteiger partial charge in [0, 0.05) is 5.38 Å². The van der Waals surface area contributed by atoms with Gasteiger partial charge in [0.2, 0.25) is 0 Å². The van der Waals surface area contributed by atoms with Crippen molar-refractivity contribution in [3.63, 3.8) is 0 Å². The number of aromatic nitrogens is 1. The smallest absolute Gasteiger partial charge is 0.264 e. The number of hydrogen-bond acceptors (Lipinski definition) is 4. The van der Waals surface area contributed by atoms with Gasteiger partial charge in [-0.2, -0.15) is 0 Å². The molecule has 19 heavy (non-hydrogen) atoms. The van der Waals surface area contributed by atoms with Gasteiger partial charge in [-0.25, -0.2) is 4.98 Å². The number of aryl methyl sites for hydroxylation is 1. The summed E-state index contributed by atoms with van der Waals surface area (Å²) in [5.74, 6) is 0.768. The number of nitrogens with one attached hydrogen (secondary N) is 1. The molecule has 2 aromatic rings. The third kappa shape index (κ3) is 4.22. The summed E-state index contributed by atoms with van der Waals surface area (Å²) in [5, 5.41) is 5.01. The minimum atomic E-state index is -0.240. The zero-order valence-electron chi connectivity index (χ0n) is 10.4. The largest absolute Gasteiger partial charge is 0.484 e. The number of rotatable bonds is 5. The molecule has 0 unspecified atom stereocenters. The summed E-state index contributed by atoms with van der Waals surface area (Å²) in [5.41, 5.74) is 1.90. The summed E-state index contributed by atoms with van der Waals surface area (Å²) in [6.45, 7) is 1.95. The van der Waals surface area contributed by atoms with Gasteiger partial charge in [0.05, 0.1) is 11.6 Å². The molecule has 1 aromatic heterocycles. The Morgan fingerprint density at radius 3 is 2.79 bits per heavy atom. The minimum Gasteiger partial charge on any atom is -0.484 e. The maximum absolute atomic E-state index is 11.6. The Morgan fingerprint density at radius 1 is 1.42 bits per heavy atom. The molecule has 1 heterocycles. The standard InChI is InChI=1S/C13H13ClN2O2S/c1-9-2-4-11(5-3-9)18-7-12(17)16-13-15-10(6-14)8-19-13/h2-5,8H,6-7H2,1H3,(H,15,16,17). The highest BCUT2D eigenvalue weighted by Crippen LogP contribution is 2.16. The minimum absolute atomic E-state index is 0.0428. The third-order valence-corrected chi connectivity index (χ3v) is 3.41. The fourth-order valence-corrected chi connectivity index (χ4v) is 2.32. The second-order valence-corrected chi connectivity index (χ2v) is 5.05. The van der Waals surface area contributed by atoms with Crippen LogP contribution in [0.3, 0.4) is 0 Å². The van der Waals surface area contributed by atoms with E-state index in [0.29, 0.717) is 16.8 Å². The predicted molar refractivity (Wildman–Crippen MR) is 77.0 cm³/mol. The van der Waals surface area contributed by atoms with Gasteiger partial charge in [-0.1, -0.05) is 17.7 Å². The number of amides is 1. The summed E-state index contributed by atoms with van der Waals surface area (Å²) in [4.78, 5) is 15.8. The molecule has 1 amide bonds. The van der Waals surface area contributed by atoms with Crippen LogP contribution < -0.4 is 10.1 Å². The molecule has 0 radical (unpaired) electrons. The summed E-state index contributed by atoms with van der Waals surface area (Å²) >= 11 is 6.98. The molecule has 4 nitrogen and oxygen atoms in total. The fourth-order valence-electron chi connectivity index (χ4n) is 1.36. The van der Waals surface area contributed by atoms with Gasteiger partial charge in [0.1, 0.15) is 5.75 Å². The summed E-state index contributed by atoms with van der Waals surface area (Å²) in [6.07, 6.45) is 0. The molecule has 1 aromatic carbocycles. The summed E-state index contributed by atoms with van der Waals surface area (Å²) in [6, 6.07) is 7.52. The second-order valence-electron chi connectivity index (χ2n) is 3.93. The van der Waals surface area contributed by atoms with Gasteiger partial charge in [-0.05, 0) is 19.1 Å². The average molecular weight is 297 g/mol. The van der Waals surface area contributed by atoms with Crippen LogP contribution in [0.1, 0.15) is 11.3 Å². The molecular weight excluding hydrogens is 284 g/mol. The Balaban J connectivity index is 1.82. The Morgan fingerprint density at radius 2 is 2.16 bits per heavy atom. The van der Waals surface area contributed by atoms with Crippen LogP contribution in [0.2, 0.25) is 0 Å². The van der Waals surface area contributed by atoms with Gasteiger partial charge in [-0.15, -0.1) is 22.9 Å². The summed E-state index contributed by atoms with van der Waals surface area (Å²) in [7, 11) is 0. The first-order chi connectivity index (χ1) is 9.17. The lowest BCUT2D eigenvalue weighted by molar-refractivity contribution is -0.118. The lowest BCUT2D eigenvalue weighted by atomic mass is 10.2. The maximum atomic E-state index is 11.6. The lowest BCUT2D eigenvalue weighted by Crippen LogP contribution is -2.20. The number of anilines is 1. The van der Waals surface area contributed by atoms with E-state index in [1.54, 1.807) is 0 Å². The predicted octanol–water partition coefficient (Wildman–Crippen LogP) is 3.21. The van der Waals surface area contributed by atoms with E-state index in [4.69, 9.17) is 16.3 Å². The van der Waals surface area contributed by atoms with Crippen LogP contribution in [0.4, 0.5) is 5.13 Å². The fraction of sp³-hybridized carbons (Fsp3) is 0.231. The molecule has 0 aliphatic rings. The third-order valence-electron chi connectivity index (χ3n) is 2.33. The van der Waals surface area contributed by atoms with E-state index in [9.17, 15) is 4.79 Å². The number of nitrogens with zero attached hydrogens (tertiary/aromatic N) is 1. The number of benzene rings is 1. The topological polar surface area (TPSA) is 51.2 Å². The van der Waals surface area contributed by atoms with E-state index < -0.39 is 0 Å². The van der Waals surface area contributed by atoms with Crippen LogP contribution >= 0.6 is 22.9 Å². The highest BCUT2D eigenvalue weighted by Gasteiger charge is 2.07. The first kappa shape index (κ1) is 13.8. The van der Waals surface area contributed by atoms with Gasteiger partial charge in [0.25, 0.3) is 5.91 Å². The Bertz CT molecular complexity index is 554. The molecule has 6 heteroatoms. The number of ether oxygens (including phenoxy) is 1. The second kappa shape index (κ2) is 6.54. The number of alkyl halides is 1. The first-order valence-corrected chi connectivity index (χ1v) is 7.08. The van der Waals surface area contributed by atoms with Crippen molar-refractivity contribution in [2.45, 2.75) is 12.8 Å². The number of thiazole rings is 1. The first-order valence-electron chi connectivity index (χ1n) is 5.67. The Kier molecular flexibility index (Phi) is 4.76. The lowest BCUT2D eigenvalue weighted by Gasteiger charge is -2.05. The highest BCUT2D eigenvalue weighted by atomic mass is 35.5. The molecule has 1 N–H and O–H groups in total. The van der Waals surface area contributed by atoms with Crippen LogP contribution in [0.5, 0.6) is 5.75 Å². The van der Waals surface area contributed by atoms with Crippen molar-refractivity contribution in [2.24, 2.45) is 0 Å². The van der Waals surface area contributed by atoms with Gasteiger partial charge >= 0.3 is 0 Å². The van der Waals surface area contributed by atoms with Crippen molar-refractivity contribution < 1.29 is 9.53 Å². The molecule has 0 atom stereocenters. The average Bonchev–Trinajstić information content (AvgIpc) is 2.86. The molecular formula is C13H13ClN2O2S. The molecule has 0 saturated carbocycles. The SMILES string of the molecule is Cc1ccc(OCC(=O)Nc2nc(CCl)cs2)cc1. The Hall–Kier alpha value is -1.59. The van der Waals surface area contributed by atoms with Crippen molar-refractivity contribution in [3.05, 3.63) is 40.9 Å². The van der Waals surface area contributed by atoms with Crippen molar-refractivity contribution in [1.29, 1.82) is 0 Å². The number of carbonyl (C=O) groups excluding carboxylic acids is 1. The van der Waals surface area contributed by atoms with E-state index in [1.165, 1.54) is 11.3 Å². The molecule has 0 bridgehead atoms. The van der Waals surface area contributed by atoms with Gasteiger partial charge in [-0.3, -0.25) is 10.1 Å². The summed E-state index contributed by atoms with van der Waals surface area (Å²) < 4.78 is 5.37. The normalized spacial score (nSPS) is 10.2. The molecule has 0 fully saturated rings. The Labute approximate surface area is 120 Å². The number of carbonyl (C=O) groups is 1. The van der Waals surface area contributed by atoms with Crippen molar-refractivity contribution in [3.8, 4) is 5.75 Å². The molecule has 0 aliphatic heterocycles. The van der Waals surface area contributed by atoms with E-state index in [0.717, 1.165) is 11.3 Å². The molecule has 0 spiro atoms. The van der Waals surface area contributed by atoms with Crippen LogP contribution in [-0.4, -0.2) is 17.5 Å². The van der Waals surface area contributed by atoms with Crippen molar-refractivity contribution in [2.75, 3.05) is 11.9 Å². The van der Waals surface area contributed by atoms with Crippen molar-refractivity contribution >= 4 is 34.0 Å². The van der Waals surface area contributed by atoms with E-state index in [1.807, 2.05) is 36.6 Å². The zero-order chi connectivity index (χ0) is 13.7. The molecule has 2 rings (SSSR count). The highest BCUT2D eigenvalue weighted by molar-refractivity contribution is 7.13. The molecule has 0 saturated heterocycles. The zero-order valence-corrected chi connectivity index (χ0v) is 11.9. The molecule has 0 aliphatic carbocycles. The van der Waals surface area contributed by atoms with Gasteiger partial charge < -0.3 is 4.74 Å². The number of hydrogen-bond donors (Lipinski definition) is 1. The van der Waals surface area contributed by atoms with Crippen LogP contribution in [-0.2, 0) is 10.7 Å². The maximum Gasteiger partial charge on any atom is 0.264 e. The van der Waals surface area contributed by atoms with E-state index in [2.05, 4.69) is 10.3 Å².